The molecule has 0 aromatic heterocycles. The highest BCUT2D eigenvalue weighted by atomic mass is 16.3. The molecule has 6 atom stereocenters. The number of nitrogens with zero attached hydrogens (tertiary/aromatic N) is 2. The second-order valence-corrected chi connectivity index (χ2v) is 4.46. The van der Waals surface area contributed by atoms with E-state index in [-0.39, 0.29) is 25.3 Å². The van der Waals surface area contributed by atoms with Gasteiger partial charge in [0.15, 0.2) is 0 Å². The van der Waals surface area contributed by atoms with Gasteiger partial charge >= 0.3 is 0 Å². The fourth-order valence-corrected chi connectivity index (χ4v) is 3.02. The average molecular weight is 200 g/mol. The highest BCUT2D eigenvalue weighted by Gasteiger charge is 2.47. The van der Waals surface area contributed by atoms with E-state index in [0.717, 1.165) is 13.1 Å². The van der Waals surface area contributed by atoms with Crippen molar-refractivity contribution in [2.24, 2.45) is 0 Å². The minimum atomic E-state index is 0.125. The van der Waals surface area contributed by atoms with Gasteiger partial charge in [-0.15, -0.1) is 0 Å². The zero-order chi connectivity index (χ0) is 10.3. The van der Waals surface area contributed by atoms with Crippen molar-refractivity contribution in [2.45, 2.75) is 38.0 Å². The van der Waals surface area contributed by atoms with Crippen molar-refractivity contribution in [2.75, 3.05) is 26.3 Å². The number of piperazine rings is 3. The molecule has 3 aliphatic rings. The molecule has 3 fully saturated rings. The Balaban J connectivity index is 2.21. The van der Waals surface area contributed by atoms with Crippen LogP contribution >= 0.6 is 0 Å². The van der Waals surface area contributed by atoms with Gasteiger partial charge < -0.3 is 10.2 Å². The van der Waals surface area contributed by atoms with Crippen LogP contribution in [0.5, 0.6) is 0 Å². The van der Waals surface area contributed by atoms with Crippen molar-refractivity contribution in [3.63, 3.8) is 0 Å². The van der Waals surface area contributed by atoms with Crippen LogP contribution in [0.2, 0.25) is 0 Å². The summed E-state index contributed by atoms with van der Waals surface area (Å²) in [5.41, 5.74) is 0. The van der Waals surface area contributed by atoms with Crippen LogP contribution in [0.1, 0.15) is 13.8 Å². The molecule has 0 spiro atoms. The maximum Gasteiger partial charge on any atom is 0.0603 e. The van der Waals surface area contributed by atoms with Crippen LogP contribution in [-0.4, -0.2) is 70.5 Å². The first kappa shape index (κ1) is 10.4. The quantitative estimate of drug-likeness (QED) is 0.607. The molecular weight excluding hydrogens is 180 g/mol. The lowest BCUT2D eigenvalue weighted by Crippen LogP contribution is -2.74. The Hall–Kier alpha value is -0.160. The lowest BCUT2D eigenvalue weighted by atomic mass is 9.90. The van der Waals surface area contributed by atoms with Crippen LogP contribution in [0.25, 0.3) is 0 Å². The second-order valence-electron chi connectivity index (χ2n) is 4.46. The van der Waals surface area contributed by atoms with Crippen molar-refractivity contribution in [3.8, 4) is 0 Å². The van der Waals surface area contributed by atoms with Gasteiger partial charge in [-0.3, -0.25) is 9.80 Å². The molecule has 3 saturated heterocycles. The van der Waals surface area contributed by atoms with Gasteiger partial charge in [0.2, 0.25) is 0 Å². The molecule has 0 aromatic rings. The van der Waals surface area contributed by atoms with Crippen LogP contribution in [0.15, 0.2) is 0 Å². The number of fused-ring (bicyclic) bond motifs is 3. The van der Waals surface area contributed by atoms with Gasteiger partial charge in [0.25, 0.3) is 0 Å². The predicted octanol–water partition coefficient (Wildman–Crippen LogP) is -0.884. The molecular formula is C10H20N2O2. The standard InChI is InChI=1S/C10H20N2O2/c1-7-8(2)12-4-3-11(7)9(5-13)10(12)6-14/h7-10,13-14H,3-6H2,1-2H3. The van der Waals surface area contributed by atoms with E-state index in [1.807, 2.05) is 0 Å². The van der Waals surface area contributed by atoms with Crippen molar-refractivity contribution in [1.82, 2.24) is 9.80 Å². The first-order chi connectivity index (χ1) is 6.70. The van der Waals surface area contributed by atoms with Gasteiger partial charge in [0.05, 0.1) is 25.3 Å². The number of aliphatic hydroxyl groups is 2. The number of rotatable bonds is 2. The third kappa shape index (κ3) is 1.29. The maximum atomic E-state index is 9.34. The minimum Gasteiger partial charge on any atom is -0.395 e. The molecule has 0 radical (unpaired) electrons. The molecule has 3 rings (SSSR count). The average Bonchev–Trinajstić information content (AvgIpc) is 2.23. The third-order valence-corrected chi connectivity index (χ3v) is 4.03. The van der Waals surface area contributed by atoms with E-state index in [1.54, 1.807) is 0 Å². The number of hydrogen-bond donors (Lipinski definition) is 2. The highest BCUT2D eigenvalue weighted by Crippen LogP contribution is 2.30. The molecule has 3 aliphatic heterocycles. The van der Waals surface area contributed by atoms with Gasteiger partial charge in [0.1, 0.15) is 0 Å². The van der Waals surface area contributed by atoms with E-state index >= 15 is 0 Å². The lowest BCUT2D eigenvalue weighted by Gasteiger charge is -2.58. The Morgan fingerprint density at radius 3 is 1.57 bits per heavy atom. The lowest BCUT2D eigenvalue weighted by molar-refractivity contribution is -0.128. The van der Waals surface area contributed by atoms with E-state index in [2.05, 4.69) is 23.6 Å². The Morgan fingerprint density at radius 1 is 0.929 bits per heavy atom. The molecule has 4 heteroatoms. The summed E-state index contributed by atoms with van der Waals surface area (Å²) in [5, 5.41) is 18.7. The first-order valence-electron chi connectivity index (χ1n) is 5.44. The Kier molecular flexibility index (Phi) is 2.79. The normalized spacial score (nSPS) is 52.3. The topological polar surface area (TPSA) is 46.9 Å². The van der Waals surface area contributed by atoms with Crippen molar-refractivity contribution >= 4 is 0 Å². The Labute approximate surface area is 85.1 Å². The molecule has 2 N–H and O–H groups in total. The summed E-state index contributed by atoms with van der Waals surface area (Å²) in [4.78, 5) is 4.68. The van der Waals surface area contributed by atoms with Gasteiger partial charge in [-0.25, -0.2) is 0 Å². The van der Waals surface area contributed by atoms with Gasteiger partial charge in [-0.2, -0.15) is 0 Å². The second kappa shape index (κ2) is 3.77. The zero-order valence-electron chi connectivity index (χ0n) is 8.93. The van der Waals surface area contributed by atoms with E-state index in [9.17, 15) is 10.2 Å². The third-order valence-electron chi connectivity index (χ3n) is 4.03. The zero-order valence-corrected chi connectivity index (χ0v) is 8.93. The SMILES string of the molecule is CC1C(C)N2CCN1C(CO)C2CO. The van der Waals surface area contributed by atoms with Crippen LogP contribution < -0.4 is 0 Å². The Morgan fingerprint density at radius 2 is 1.29 bits per heavy atom. The van der Waals surface area contributed by atoms with Crippen molar-refractivity contribution in [1.29, 1.82) is 0 Å². The largest absolute Gasteiger partial charge is 0.395 e. The summed E-state index contributed by atoms with van der Waals surface area (Å²) >= 11 is 0. The van der Waals surface area contributed by atoms with Gasteiger partial charge in [-0.05, 0) is 13.8 Å². The Bertz CT molecular complexity index is 186. The van der Waals surface area contributed by atoms with Crippen molar-refractivity contribution in [3.05, 3.63) is 0 Å². The van der Waals surface area contributed by atoms with E-state index < -0.39 is 0 Å². The summed E-state index contributed by atoms with van der Waals surface area (Å²) in [7, 11) is 0. The van der Waals surface area contributed by atoms with E-state index in [4.69, 9.17) is 0 Å². The minimum absolute atomic E-state index is 0.125. The fourth-order valence-electron chi connectivity index (χ4n) is 3.02. The van der Waals surface area contributed by atoms with Crippen LogP contribution in [0, 0.1) is 0 Å². The smallest absolute Gasteiger partial charge is 0.0603 e. The highest BCUT2D eigenvalue weighted by molar-refractivity contribution is 5.03. The molecule has 82 valence electrons. The maximum absolute atomic E-state index is 9.34. The summed E-state index contributed by atoms with van der Waals surface area (Å²) in [5.74, 6) is 0. The summed E-state index contributed by atoms with van der Waals surface area (Å²) in [6.45, 7) is 6.75. The molecule has 0 aliphatic carbocycles. The molecule has 0 amide bonds. The van der Waals surface area contributed by atoms with E-state index in [0.29, 0.717) is 12.1 Å². The van der Waals surface area contributed by atoms with Crippen LogP contribution in [0.3, 0.4) is 0 Å². The summed E-state index contributed by atoms with van der Waals surface area (Å²) in [6.07, 6.45) is 0. The molecule has 3 heterocycles. The molecule has 6 unspecified atom stereocenters. The van der Waals surface area contributed by atoms with Gasteiger partial charge in [-0.1, -0.05) is 0 Å². The van der Waals surface area contributed by atoms with Gasteiger partial charge in [0, 0.05) is 25.2 Å². The van der Waals surface area contributed by atoms with Crippen LogP contribution in [0.4, 0.5) is 0 Å². The monoisotopic (exact) mass is 200 g/mol. The fraction of sp³-hybridized carbons (Fsp3) is 1.00. The predicted molar refractivity (Wildman–Crippen MR) is 54.1 cm³/mol. The molecule has 0 saturated carbocycles. The molecule has 4 nitrogen and oxygen atoms in total. The molecule has 0 aromatic carbocycles. The van der Waals surface area contributed by atoms with Crippen molar-refractivity contribution < 1.29 is 10.2 Å². The number of hydrogen-bond acceptors (Lipinski definition) is 4. The van der Waals surface area contributed by atoms with Crippen LogP contribution in [-0.2, 0) is 0 Å². The summed E-state index contributed by atoms with van der Waals surface area (Å²) in [6, 6.07) is 1.23. The number of aliphatic hydroxyl groups excluding tert-OH is 2. The van der Waals surface area contributed by atoms with E-state index in [1.165, 1.54) is 0 Å². The summed E-state index contributed by atoms with van der Waals surface area (Å²) < 4.78 is 0. The first-order valence-corrected chi connectivity index (χ1v) is 5.44. The molecule has 2 bridgehead atoms. The molecule has 14 heavy (non-hydrogen) atoms.